The van der Waals surface area contributed by atoms with E-state index in [0.717, 1.165) is 36.8 Å². The topological polar surface area (TPSA) is 62.3 Å². The summed E-state index contributed by atoms with van der Waals surface area (Å²) in [5, 5.41) is 3.19. The zero-order valence-corrected chi connectivity index (χ0v) is 18.7. The average molecular weight is 446 g/mol. The van der Waals surface area contributed by atoms with E-state index in [1.807, 2.05) is 31.2 Å². The number of aryl methyl sites for hydroxylation is 1. The molecule has 2 amide bonds. The second-order valence-corrected chi connectivity index (χ2v) is 8.47. The minimum absolute atomic E-state index is 0.0813. The average Bonchev–Trinajstić information content (AvgIpc) is 2.85. The molecular formula is C27H28FN3O2. The molecule has 1 atom stereocenters. The molecule has 3 aromatic rings. The molecule has 1 heterocycles. The molecule has 0 radical (unpaired) electrons. The zero-order valence-electron chi connectivity index (χ0n) is 18.7. The molecule has 6 heteroatoms. The predicted molar refractivity (Wildman–Crippen MR) is 126 cm³/mol. The van der Waals surface area contributed by atoms with Crippen molar-refractivity contribution in [3.63, 3.8) is 0 Å². The maximum atomic E-state index is 13.8. The number of halogens is 1. The van der Waals surface area contributed by atoms with Crippen LogP contribution in [0, 0.1) is 12.7 Å². The first-order valence-electron chi connectivity index (χ1n) is 11.4. The van der Waals surface area contributed by atoms with Gasteiger partial charge in [-0.3, -0.25) is 19.5 Å². The van der Waals surface area contributed by atoms with Crippen molar-refractivity contribution < 1.29 is 14.0 Å². The molecule has 170 valence electrons. The standard InChI is InChI=1S/C27H28FN3O2/c1-19-9-5-6-12-23(19)25(26(32)30-21-10-3-2-4-11-21)31(22-16-14-20(28)15-17-22)27(33)24-13-7-8-18-29-24/h5-9,12-18,21,25H,2-4,10-11H2,1H3,(H,30,32). The number of pyridine rings is 1. The summed E-state index contributed by atoms with van der Waals surface area (Å²) >= 11 is 0. The van der Waals surface area contributed by atoms with Crippen molar-refractivity contribution in [3.8, 4) is 0 Å². The first-order chi connectivity index (χ1) is 16.0. The number of carbonyl (C=O) groups excluding carboxylic acids is 2. The Kier molecular flexibility index (Phi) is 7.13. The largest absolute Gasteiger partial charge is 0.351 e. The Labute approximate surface area is 193 Å². The van der Waals surface area contributed by atoms with Crippen LogP contribution in [0.1, 0.15) is 59.8 Å². The Hall–Kier alpha value is -3.54. The van der Waals surface area contributed by atoms with Crippen LogP contribution in [0.2, 0.25) is 0 Å². The van der Waals surface area contributed by atoms with Gasteiger partial charge in [-0.25, -0.2) is 4.39 Å². The fourth-order valence-corrected chi connectivity index (χ4v) is 4.42. The van der Waals surface area contributed by atoms with Crippen LogP contribution in [0.5, 0.6) is 0 Å². The molecule has 0 saturated heterocycles. The minimum Gasteiger partial charge on any atom is -0.351 e. The molecule has 0 bridgehead atoms. The van der Waals surface area contributed by atoms with Gasteiger partial charge < -0.3 is 5.32 Å². The maximum Gasteiger partial charge on any atom is 0.277 e. The van der Waals surface area contributed by atoms with Gasteiger partial charge in [0.05, 0.1) is 0 Å². The number of hydrogen-bond acceptors (Lipinski definition) is 3. The molecular weight excluding hydrogens is 417 g/mol. The summed E-state index contributed by atoms with van der Waals surface area (Å²) in [5.74, 6) is -1.08. The number of anilines is 1. The van der Waals surface area contributed by atoms with Gasteiger partial charge in [0.1, 0.15) is 17.6 Å². The fourth-order valence-electron chi connectivity index (χ4n) is 4.42. The molecule has 33 heavy (non-hydrogen) atoms. The summed E-state index contributed by atoms with van der Waals surface area (Å²) < 4.78 is 13.7. The number of nitrogens with zero attached hydrogens (tertiary/aromatic N) is 2. The lowest BCUT2D eigenvalue weighted by atomic mass is 9.93. The molecule has 5 nitrogen and oxygen atoms in total. The summed E-state index contributed by atoms with van der Waals surface area (Å²) in [6, 6.07) is 17.4. The van der Waals surface area contributed by atoms with Crippen molar-refractivity contribution in [2.45, 2.75) is 51.1 Å². The number of hydrogen-bond donors (Lipinski definition) is 1. The van der Waals surface area contributed by atoms with Gasteiger partial charge in [-0.05, 0) is 67.3 Å². The summed E-state index contributed by atoms with van der Waals surface area (Å²) in [5.41, 5.74) is 2.26. The molecule has 1 aliphatic rings. The molecule has 1 unspecified atom stereocenters. The van der Waals surface area contributed by atoms with E-state index in [1.165, 1.54) is 35.6 Å². The Morgan fingerprint density at radius 1 is 0.970 bits per heavy atom. The smallest absolute Gasteiger partial charge is 0.277 e. The lowest BCUT2D eigenvalue weighted by molar-refractivity contribution is -0.123. The molecule has 2 aromatic carbocycles. The third-order valence-electron chi connectivity index (χ3n) is 6.15. The number of rotatable bonds is 6. The van der Waals surface area contributed by atoms with Gasteiger partial charge in [0, 0.05) is 17.9 Å². The Morgan fingerprint density at radius 3 is 2.33 bits per heavy atom. The highest BCUT2D eigenvalue weighted by atomic mass is 19.1. The zero-order chi connectivity index (χ0) is 23.2. The molecule has 4 rings (SSSR count). The Morgan fingerprint density at radius 2 is 1.67 bits per heavy atom. The highest BCUT2D eigenvalue weighted by Crippen LogP contribution is 2.32. The summed E-state index contributed by atoms with van der Waals surface area (Å²) in [6.07, 6.45) is 6.73. The summed E-state index contributed by atoms with van der Waals surface area (Å²) in [6.45, 7) is 1.92. The Bertz CT molecular complexity index is 1100. The minimum atomic E-state index is -0.923. The highest BCUT2D eigenvalue weighted by molar-refractivity contribution is 6.09. The van der Waals surface area contributed by atoms with Gasteiger partial charge >= 0.3 is 0 Å². The van der Waals surface area contributed by atoms with Crippen LogP contribution in [-0.4, -0.2) is 22.8 Å². The van der Waals surface area contributed by atoms with Crippen molar-refractivity contribution in [2.75, 3.05) is 4.90 Å². The SMILES string of the molecule is Cc1ccccc1C(C(=O)NC1CCCCC1)N(C(=O)c1ccccn1)c1ccc(F)cc1. The van der Waals surface area contributed by atoms with Gasteiger partial charge in [-0.2, -0.15) is 0 Å². The quantitative estimate of drug-likeness (QED) is 0.555. The van der Waals surface area contributed by atoms with Gasteiger partial charge in [-0.15, -0.1) is 0 Å². The predicted octanol–water partition coefficient (Wildman–Crippen LogP) is 5.37. The molecule has 1 aliphatic carbocycles. The molecule has 0 spiro atoms. The molecule has 1 fully saturated rings. The van der Waals surface area contributed by atoms with Gasteiger partial charge in [0.25, 0.3) is 5.91 Å². The molecule has 0 aliphatic heterocycles. The first kappa shape index (κ1) is 22.6. The third kappa shape index (κ3) is 5.28. The number of benzene rings is 2. The van der Waals surface area contributed by atoms with E-state index in [0.29, 0.717) is 5.69 Å². The van der Waals surface area contributed by atoms with Crippen LogP contribution in [0.25, 0.3) is 0 Å². The number of carbonyl (C=O) groups is 2. The van der Waals surface area contributed by atoms with E-state index in [9.17, 15) is 14.0 Å². The summed E-state index contributed by atoms with van der Waals surface area (Å²) in [7, 11) is 0. The van der Waals surface area contributed by atoms with Crippen LogP contribution >= 0.6 is 0 Å². The van der Waals surface area contributed by atoms with Crippen LogP contribution in [0.15, 0.2) is 72.9 Å². The van der Waals surface area contributed by atoms with Crippen LogP contribution < -0.4 is 10.2 Å². The maximum absolute atomic E-state index is 13.8. The number of nitrogens with one attached hydrogen (secondary N) is 1. The van der Waals surface area contributed by atoms with E-state index in [2.05, 4.69) is 10.3 Å². The van der Waals surface area contributed by atoms with Crippen LogP contribution in [-0.2, 0) is 4.79 Å². The monoisotopic (exact) mass is 445 g/mol. The lowest BCUT2D eigenvalue weighted by Gasteiger charge is -2.34. The van der Waals surface area contributed by atoms with Gasteiger partial charge in [0.2, 0.25) is 5.91 Å². The fraction of sp³-hybridized carbons (Fsp3) is 0.296. The van der Waals surface area contributed by atoms with E-state index in [4.69, 9.17) is 0 Å². The van der Waals surface area contributed by atoms with Crippen molar-refractivity contribution in [2.24, 2.45) is 0 Å². The van der Waals surface area contributed by atoms with Gasteiger partial charge in [-0.1, -0.05) is 49.6 Å². The molecule has 1 saturated carbocycles. The van der Waals surface area contributed by atoms with E-state index < -0.39 is 17.8 Å². The number of amides is 2. The van der Waals surface area contributed by atoms with E-state index in [1.54, 1.807) is 24.4 Å². The van der Waals surface area contributed by atoms with E-state index in [-0.39, 0.29) is 17.6 Å². The number of aromatic nitrogens is 1. The first-order valence-corrected chi connectivity index (χ1v) is 11.4. The lowest BCUT2D eigenvalue weighted by Crippen LogP contribution is -2.47. The normalized spacial score (nSPS) is 15.0. The van der Waals surface area contributed by atoms with Crippen LogP contribution in [0.3, 0.4) is 0 Å². The van der Waals surface area contributed by atoms with Crippen molar-refractivity contribution in [1.82, 2.24) is 10.3 Å². The van der Waals surface area contributed by atoms with Crippen LogP contribution in [0.4, 0.5) is 10.1 Å². The van der Waals surface area contributed by atoms with Gasteiger partial charge in [0.15, 0.2) is 0 Å². The van der Waals surface area contributed by atoms with Crippen molar-refractivity contribution >= 4 is 17.5 Å². The third-order valence-corrected chi connectivity index (χ3v) is 6.15. The summed E-state index contributed by atoms with van der Waals surface area (Å²) in [4.78, 5) is 33.2. The molecule has 1 aromatic heterocycles. The Balaban J connectivity index is 1.81. The van der Waals surface area contributed by atoms with E-state index >= 15 is 0 Å². The van der Waals surface area contributed by atoms with Crippen molar-refractivity contribution in [3.05, 3.63) is 95.6 Å². The molecule has 1 N–H and O–H groups in total. The highest BCUT2D eigenvalue weighted by Gasteiger charge is 2.35. The second kappa shape index (κ2) is 10.4. The second-order valence-electron chi connectivity index (χ2n) is 8.47. The van der Waals surface area contributed by atoms with Crippen molar-refractivity contribution in [1.29, 1.82) is 0 Å².